The Labute approximate surface area is 242 Å². The van der Waals surface area contributed by atoms with Gasteiger partial charge in [-0.1, -0.05) is 39.8 Å². The Hall–Kier alpha value is -2.02. The van der Waals surface area contributed by atoms with Crippen LogP contribution in [0.4, 0.5) is 0 Å². The van der Waals surface area contributed by atoms with Gasteiger partial charge in [0.15, 0.2) is 0 Å². The lowest BCUT2D eigenvalue weighted by molar-refractivity contribution is -0.292. The second-order valence-electron chi connectivity index (χ2n) is 11.6. The van der Waals surface area contributed by atoms with Crippen molar-refractivity contribution >= 4 is 28.0 Å². The van der Waals surface area contributed by atoms with Crippen LogP contribution in [0.2, 0.25) is 0 Å². The number of nitrogens with one attached hydrogen (secondary N) is 1. The fourth-order valence-electron chi connectivity index (χ4n) is 2.26. The van der Waals surface area contributed by atoms with Gasteiger partial charge in [-0.15, -0.1) is 0 Å². The van der Waals surface area contributed by atoms with Crippen molar-refractivity contribution in [3.8, 4) is 0 Å². The van der Waals surface area contributed by atoms with Crippen molar-refractivity contribution in [2.24, 2.45) is 16.7 Å². The SMILES string of the molecule is C=C(C)COOCCOC(=O)C(C)(C)CC.CCC(C)(C)C(=O)OC.CCC(C)C(=O)NC(C)(C)CS(=O)(=O)O. The highest BCUT2D eigenvalue weighted by molar-refractivity contribution is 7.85. The molecule has 0 radical (unpaired) electrons. The summed E-state index contributed by atoms with van der Waals surface area (Å²) in [7, 11) is -2.66. The number of rotatable bonds is 15. The summed E-state index contributed by atoms with van der Waals surface area (Å²) in [4.78, 5) is 43.4. The van der Waals surface area contributed by atoms with E-state index >= 15 is 0 Å². The molecule has 0 aromatic heterocycles. The van der Waals surface area contributed by atoms with Crippen molar-refractivity contribution < 1.29 is 46.6 Å². The summed E-state index contributed by atoms with van der Waals surface area (Å²) in [6.45, 7) is 24.4. The van der Waals surface area contributed by atoms with E-state index in [1.807, 2.05) is 55.4 Å². The molecule has 0 aromatic carbocycles. The molecule has 0 aliphatic rings. The van der Waals surface area contributed by atoms with E-state index in [4.69, 9.17) is 19.1 Å². The Bertz CT molecular complexity index is 880. The van der Waals surface area contributed by atoms with Gasteiger partial charge in [-0.05, 0) is 67.7 Å². The highest BCUT2D eigenvalue weighted by Gasteiger charge is 2.28. The summed E-state index contributed by atoms with van der Waals surface area (Å²) in [5, 5.41) is 2.59. The minimum Gasteiger partial charge on any atom is -0.469 e. The van der Waals surface area contributed by atoms with Gasteiger partial charge in [0.1, 0.15) is 19.8 Å². The zero-order valence-electron chi connectivity index (χ0n) is 26.8. The minimum atomic E-state index is -4.07. The number of carbonyl (C=O) groups is 3. The third-order valence-electron chi connectivity index (χ3n) is 5.91. The molecule has 0 rings (SSSR count). The molecular formula is C28H55NO10S. The van der Waals surface area contributed by atoms with Gasteiger partial charge >= 0.3 is 11.9 Å². The molecule has 12 heteroatoms. The van der Waals surface area contributed by atoms with Crippen molar-refractivity contribution in [2.45, 2.75) is 101 Å². The van der Waals surface area contributed by atoms with Gasteiger partial charge in [0.25, 0.3) is 10.1 Å². The van der Waals surface area contributed by atoms with Crippen LogP contribution < -0.4 is 5.32 Å². The second-order valence-corrected chi connectivity index (χ2v) is 13.0. The van der Waals surface area contributed by atoms with Crippen LogP contribution in [0.1, 0.15) is 95.4 Å². The third-order valence-corrected chi connectivity index (χ3v) is 7.00. The number of methoxy groups -OCH3 is 1. The summed E-state index contributed by atoms with van der Waals surface area (Å²) in [5.74, 6) is -1.19. The molecule has 1 amide bonds. The first-order valence-corrected chi connectivity index (χ1v) is 15.0. The molecule has 0 spiro atoms. The maximum atomic E-state index is 11.5. The molecule has 40 heavy (non-hydrogen) atoms. The summed E-state index contributed by atoms with van der Waals surface area (Å²) in [6, 6.07) is 0. The Balaban J connectivity index is -0.000000534. The first-order chi connectivity index (χ1) is 18.0. The van der Waals surface area contributed by atoms with Crippen LogP contribution in [0, 0.1) is 16.7 Å². The average molecular weight is 598 g/mol. The molecule has 0 saturated heterocycles. The van der Waals surface area contributed by atoms with Crippen LogP contribution in [0.5, 0.6) is 0 Å². The molecule has 0 fully saturated rings. The van der Waals surface area contributed by atoms with Gasteiger partial charge in [0.05, 0.1) is 29.2 Å². The van der Waals surface area contributed by atoms with E-state index in [1.54, 1.807) is 20.8 Å². The summed E-state index contributed by atoms with van der Waals surface area (Å²) in [6.07, 6.45) is 2.26. The monoisotopic (exact) mass is 597 g/mol. The highest BCUT2D eigenvalue weighted by atomic mass is 32.2. The Kier molecular flexibility index (Phi) is 21.2. The molecule has 11 nitrogen and oxygen atoms in total. The normalized spacial score (nSPS) is 12.5. The van der Waals surface area contributed by atoms with E-state index in [-0.39, 0.29) is 42.4 Å². The van der Waals surface area contributed by atoms with Gasteiger partial charge in [0.2, 0.25) is 5.91 Å². The largest absolute Gasteiger partial charge is 0.469 e. The van der Waals surface area contributed by atoms with Gasteiger partial charge in [-0.2, -0.15) is 8.42 Å². The fraction of sp³-hybridized carbons (Fsp3) is 0.821. The number of carbonyl (C=O) groups excluding carboxylic acids is 3. The topological polar surface area (TPSA) is 155 Å². The molecule has 238 valence electrons. The van der Waals surface area contributed by atoms with E-state index < -0.39 is 26.8 Å². The van der Waals surface area contributed by atoms with E-state index in [1.165, 1.54) is 7.11 Å². The van der Waals surface area contributed by atoms with Crippen LogP contribution in [0.3, 0.4) is 0 Å². The molecule has 0 heterocycles. The average Bonchev–Trinajstić information content (AvgIpc) is 2.83. The summed E-state index contributed by atoms with van der Waals surface area (Å²) >= 11 is 0. The third kappa shape index (κ3) is 22.8. The van der Waals surface area contributed by atoms with Crippen LogP contribution in [-0.2, 0) is 43.8 Å². The Morgan fingerprint density at radius 3 is 1.73 bits per heavy atom. The molecule has 0 bridgehead atoms. The summed E-state index contributed by atoms with van der Waals surface area (Å²) < 4.78 is 39.6. The van der Waals surface area contributed by atoms with Gasteiger partial charge in [0, 0.05) is 5.92 Å². The van der Waals surface area contributed by atoms with E-state index in [2.05, 4.69) is 16.6 Å². The molecule has 1 unspecified atom stereocenters. The van der Waals surface area contributed by atoms with Gasteiger partial charge in [-0.3, -0.25) is 18.9 Å². The van der Waals surface area contributed by atoms with Gasteiger partial charge in [-0.25, -0.2) is 9.78 Å². The lowest BCUT2D eigenvalue weighted by Gasteiger charge is -2.26. The van der Waals surface area contributed by atoms with Crippen LogP contribution >= 0.6 is 0 Å². The predicted molar refractivity (Wildman–Crippen MR) is 156 cm³/mol. The van der Waals surface area contributed by atoms with Gasteiger partial charge < -0.3 is 14.8 Å². The predicted octanol–water partition coefficient (Wildman–Crippen LogP) is 4.90. The number of hydrogen-bond donors (Lipinski definition) is 2. The molecule has 2 N–H and O–H groups in total. The fourth-order valence-corrected chi connectivity index (χ4v) is 3.25. The maximum absolute atomic E-state index is 11.5. The first kappa shape index (κ1) is 42.4. The molecule has 0 saturated carbocycles. The molecule has 0 aromatic rings. The zero-order chi connectivity index (χ0) is 32.4. The van der Waals surface area contributed by atoms with E-state index in [0.29, 0.717) is 13.0 Å². The lowest BCUT2D eigenvalue weighted by Crippen LogP contribution is -2.49. The van der Waals surface area contributed by atoms with Crippen LogP contribution in [-0.4, -0.2) is 69.0 Å². The molecule has 0 aliphatic carbocycles. The molecule has 0 aliphatic heterocycles. The van der Waals surface area contributed by atoms with E-state index in [0.717, 1.165) is 18.4 Å². The standard InChI is InChI=1S/C12H22O4.C9H19NO4S.C7H14O2/c1-6-12(4,5)11(13)14-7-8-15-16-9-10(2)3;1-5-7(2)8(11)10-9(3,4)6-15(12,13)14;1-5-7(2,3)6(8)9-4/h2,6-9H2,1,3-5H3;7H,5-6H2,1-4H3,(H,10,11)(H,12,13,14);5H2,1-4H3. The minimum absolute atomic E-state index is 0.134. The number of ether oxygens (including phenoxy) is 2. The first-order valence-electron chi connectivity index (χ1n) is 13.4. The lowest BCUT2D eigenvalue weighted by atomic mass is 9.91. The number of hydrogen-bond acceptors (Lipinski definition) is 9. The summed E-state index contributed by atoms with van der Waals surface area (Å²) in [5.41, 5.74) is -0.814. The number of amides is 1. The molecular weight excluding hydrogens is 542 g/mol. The second kappa shape index (κ2) is 20.0. The van der Waals surface area contributed by atoms with Crippen LogP contribution in [0.15, 0.2) is 12.2 Å². The van der Waals surface area contributed by atoms with Crippen LogP contribution in [0.25, 0.3) is 0 Å². The Morgan fingerprint density at radius 1 is 0.900 bits per heavy atom. The van der Waals surface area contributed by atoms with Crippen molar-refractivity contribution in [3.05, 3.63) is 12.2 Å². The maximum Gasteiger partial charge on any atom is 0.311 e. The van der Waals surface area contributed by atoms with E-state index in [9.17, 15) is 22.8 Å². The highest BCUT2D eigenvalue weighted by Crippen LogP contribution is 2.21. The van der Waals surface area contributed by atoms with Crippen molar-refractivity contribution in [3.63, 3.8) is 0 Å². The van der Waals surface area contributed by atoms with Crippen molar-refractivity contribution in [1.82, 2.24) is 5.32 Å². The quantitative estimate of drug-likeness (QED) is 0.0665. The number of esters is 2. The molecule has 1 atom stereocenters. The smallest absolute Gasteiger partial charge is 0.311 e. The van der Waals surface area contributed by atoms with Crippen molar-refractivity contribution in [2.75, 3.05) is 32.7 Å². The Morgan fingerprint density at radius 2 is 1.38 bits per heavy atom. The zero-order valence-corrected chi connectivity index (χ0v) is 27.6. The van der Waals surface area contributed by atoms with Crippen molar-refractivity contribution in [1.29, 1.82) is 0 Å².